The van der Waals surface area contributed by atoms with Crippen LogP contribution >= 0.6 is 11.3 Å². The predicted octanol–water partition coefficient (Wildman–Crippen LogP) is 3.98. The summed E-state index contributed by atoms with van der Waals surface area (Å²) in [7, 11) is 0. The third-order valence-electron chi connectivity index (χ3n) is 5.20. The van der Waals surface area contributed by atoms with E-state index < -0.39 is 0 Å². The molecule has 1 aliphatic rings. The van der Waals surface area contributed by atoms with E-state index in [1.54, 1.807) is 0 Å². The molecule has 0 radical (unpaired) electrons. The molecule has 0 saturated carbocycles. The molecule has 0 atom stereocenters. The second kappa shape index (κ2) is 7.13. The van der Waals surface area contributed by atoms with Crippen molar-refractivity contribution in [1.29, 1.82) is 0 Å². The number of para-hydroxylation sites is 1. The first-order chi connectivity index (χ1) is 13.8. The molecule has 4 aromatic rings. The molecule has 1 aliphatic heterocycles. The fourth-order valence-corrected chi connectivity index (χ4v) is 4.61. The normalized spacial score (nSPS) is 14.6. The monoisotopic (exact) mass is 388 g/mol. The Kier molecular flexibility index (Phi) is 4.33. The molecule has 2 aromatic carbocycles. The predicted molar refractivity (Wildman–Crippen MR) is 117 cm³/mol. The van der Waals surface area contributed by atoms with Crippen LogP contribution in [0, 0.1) is 0 Å². The highest BCUT2D eigenvalue weighted by atomic mass is 32.1. The van der Waals surface area contributed by atoms with E-state index in [1.165, 1.54) is 17.0 Å². The van der Waals surface area contributed by atoms with E-state index in [0.29, 0.717) is 10.6 Å². The van der Waals surface area contributed by atoms with Gasteiger partial charge in [0.05, 0.1) is 5.52 Å². The molecule has 0 unspecified atom stereocenters. The Morgan fingerprint density at radius 3 is 2.21 bits per heavy atom. The average molecular weight is 388 g/mol. The zero-order valence-corrected chi connectivity index (χ0v) is 16.2. The van der Waals surface area contributed by atoms with Crippen molar-refractivity contribution in [3.8, 4) is 11.1 Å². The van der Waals surface area contributed by atoms with Gasteiger partial charge in [0.1, 0.15) is 4.70 Å². The topological polar surface area (TPSA) is 52.2 Å². The molecule has 0 bridgehead atoms. The number of benzene rings is 2. The average Bonchev–Trinajstić information content (AvgIpc) is 3.20. The quantitative estimate of drug-likeness (QED) is 0.577. The molecule has 5 nitrogen and oxygen atoms in total. The summed E-state index contributed by atoms with van der Waals surface area (Å²) in [6.45, 7) is 3.46. The fraction of sp³-hybridized carbons (Fsp3) is 0.182. The van der Waals surface area contributed by atoms with Gasteiger partial charge in [-0.1, -0.05) is 48.5 Å². The van der Waals surface area contributed by atoms with Crippen LogP contribution in [0.5, 0.6) is 0 Å². The molecule has 0 amide bonds. The van der Waals surface area contributed by atoms with Gasteiger partial charge in [-0.15, -0.1) is 11.3 Å². The fourth-order valence-electron chi connectivity index (χ4n) is 3.70. The molecule has 1 saturated heterocycles. The van der Waals surface area contributed by atoms with Crippen LogP contribution in [0.4, 0.5) is 11.6 Å². The van der Waals surface area contributed by atoms with Crippen molar-refractivity contribution >= 4 is 33.2 Å². The van der Waals surface area contributed by atoms with Crippen molar-refractivity contribution in [2.24, 2.45) is 0 Å². The van der Waals surface area contributed by atoms with Gasteiger partial charge in [0, 0.05) is 42.8 Å². The molecule has 140 valence electrons. The summed E-state index contributed by atoms with van der Waals surface area (Å²) in [5.41, 5.74) is 4.09. The molecular formula is C22H20N4OS. The Bertz CT molecular complexity index is 1150. The smallest absolute Gasteiger partial charge is 0.270 e. The van der Waals surface area contributed by atoms with Crippen LogP contribution in [-0.2, 0) is 0 Å². The number of rotatable bonds is 3. The minimum Gasteiger partial charge on any atom is -0.368 e. The van der Waals surface area contributed by atoms with Gasteiger partial charge in [-0.05, 0) is 17.7 Å². The summed E-state index contributed by atoms with van der Waals surface area (Å²) in [6, 6.07) is 20.6. The van der Waals surface area contributed by atoms with Crippen molar-refractivity contribution in [2.45, 2.75) is 0 Å². The first-order valence-corrected chi connectivity index (χ1v) is 10.3. The third-order valence-corrected chi connectivity index (χ3v) is 6.17. The minimum atomic E-state index is -0.0577. The second-order valence-electron chi connectivity index (χ2n) is 6.89. The van der Waals surface area contributed by atoms with Crippen molar-refractivity contribution < 1.29 is 0 Å². The van der Waals surface area contributed by atoms with Crippen molar-refractivity contribution in [2.75, 3.05) is 36.0 Å². The number of anilines is 2. The lowest BCUT2D eigenvalue weighted by atomic mass is 10.1. The number of nitrogens with one attached hydrogen (secondary N) is 1. The van der Waals surface area contributed by atoms with E-state index in [4.69, 9.17) is 4.98 Å². The summed E-state index contributed by atoms with van der Waals surface area (Å²) < 4.78 is 0.686. The number of thiophene rings is 1. The third kappa shape index (κ3) is 3.05. The van der Waals surface area contributed by atoms with E-state index in [9.17, 15) is 4.79 Å². The van der Waals surface area contributed by atoms with E-state index in [2.05, 4.69) is 51.2 Å². The van der Waals surface area contributed by atoms with Crippen LogP contribution in [-0.4, -0.2) is 36.1 Å². The van der Waals surface area contributed by atoms with Gasteiger partial charge >= 0.3 is 0 Å². The van der Waals surface area contributed by atoms with Crippen LogP contribution in [0.1, 0.15) is 0 Å². The number of nitrogens with zero attached hydrogens (tertiary/aromatic N) is 3. The number of aromatic nitrogens is 2. The second-order valence-corrected chi connectivity index (χ2v) is 7.77. The number of hydrogen-bond acceptors (Lipinski definition) is 5. The van der Waals surface area contributed by atoms with E-state index >= 15 is 0 Å². The molecule has 1 fully saturated rings. The van der Waals surface area contributed by atoms with Gasteiger partial charge in [-0.2, -0.15) is 0 Å². The van der Waals surface area contributed by atoms with E-state index in [1.807, 2.05) is 29.6 Å². The summed E-state index contributed by atoms with van der Waals surface area (Å²) >= 11 is 1.46. The number of piperazine rings is 1. The molecule has 3 heterocycles. The number of hydrogen-bond donors (Lipinski definition) is 1. The molecule has 2 aromatic heterocycles. The number of aromatic amines is 1. The van der Waals surface area contributed by atoms with Gasteiger partial charge in [0.15, 0.2) is 0 Å². The van der Waals surface area contributed by atoms with Crippen LogP contribution in [0.2, 0.25) is 0 Å². The van der Waals surface area contributed by atoms with E-state index in [0.717, 1.165) is 42.8 Å². The van der Waals surface area contributed by atoms with Crippen LogP contribution < -0.4 is 15.4 Å². The standard InChI is InChI=1S/C22H20N4OS/c27-21-20-19(18(15-28-20)16-7-3-1-4-8-16)23-22(24-21)26-13-11-25(12-14-26)17-9-5-2-6-10-17/h1-10,15H,11-14H2,(H,23,24,27). The maximum absolute atomic E-state index is 12.7. The zero-order valence-electron chi connectivity index (χ0n) is 15.3. The van der Waals surface area contributed by atoms with Crippen LogP contribution in [0.15, 0.2) is 70.8 Å². The minimum absolute atomic E-state index is 0.0577. The van der Waals surface area contributed by atoms with Crippen LogP contribution in [0.25, 0.3) is 21.3 Å². The number of H-pyrrole nitrogens is 1. The summed E-state index contributed by atoms with van der Waals surface area (Å²) in [6.07, 6.45) is 0. The molecule has 0 spiro atoms. The Hall–Kier alpha value is -3.12. The Morgan fingerprint density at radius 2 is 1.50 bits per heavy atom. The molecule has 5 rings (SSSR count). The maximum Gasteiger partial charge on any atom is 0.270 e. The van der Waals surface area contributed by atoms with Gasteiger partial charge in [0.25, 0.3) is 5.56 Å². The first kappa shape index (κ1) is 17.0. The molecule has 1 N–H and O–H groups in total. The maximum atomic E-state index is 12.7. The van der Waals surface area contributed by atoms with Gasteiger partial charge in [0.2, 0.25) is 5.95 Å². The lowest BCUT2D eigenvalue weighted by Crippen LogP contribution is -2.47. The highest BCUT2D eigenvalue weighted by Gasteiger charge is 2.21. The molecule has 0 aliphatic carbocycles. The lowest BCUT2D eigenvalue weighted by molar-refractivity contribution is 0.640. The molecular weight excluding hydrogens is 368 g/mol. The van der Waals surface area contributed by atoms with Crippen molar-refractivity contribution in [3.63, 3.8) is 0 Å². The van der Waals surface area contributed by atoms with Gasteiger partial charge < -0.3 is 9.80 Å². The molecule has 6 heteroatoms. The summed E-state index contributed by atoms with van der Waals surface area (Å²) in [5.74, 6) is 0.667. The zero-order chi connectivity index (χ0) is 18.9. The Labute approximate surface area is 166 Å². The SMILES string of the molecule is O=c1[nH]c(N2CCN(c3ccccc3)CC2)nc2c(-c3ccccc3)csc12. The molecule has 28 heavy (non-hydrogen) atoms. The van der Waals surface area contributed by atoms with Gasteiger partial charge in [-0.3, -0.25) is 9.78 Å². The summed E-state index contributed by atoms with van der Waals surface area (Å²) in [5, 5.41) is 2.03. The Morgan fingerprint density at radius 1 is 0.857 bits per heavy atom. The number of fused-ring (bicyclic) bond motifs is 1. The van der Waals surface area contributed by atoms with Gasteiger partial charge in [-0.25, -0.2) is 4.98 Å². The highest BCUT2D eigenvalue weighted by molar-refractivity contribution is 7.17. The highest BCUT2D eigenvalue weighted by Crippen LogP contribution is 2.31. The Balaban J connectivity index is 1.45. The summed E-state index contributed by atoms with van der Waals surface area (Å²) in [4.78, 5) is 25.0. The largest absolute Gasteiger partial charge is 0.368 e. The van der Waals surface area contributed by atoms with E-state index in [-0.39, 0.29) is 5.56 Å². The first-order valence-electron chi connectivity index (χ1n) is 9.41. The van der Waals surface area contributed by atoms with Crippen molar-refractivity contribution in [3.05, 3.63) is 76.4 Å². The van der Waals surface area contributed by atoms with Crippen molar-refractivity contribution in [1.82, 2.24) is 9.97 Å². The van der Waals surface area contributed by atoms with Crippen LogP contribution in [0.3, 0.4) is 0 Å². The lowest BCUT2D eigenvalue weighted by Gasteiger charge is -2.36.